The van der Waals surface area contributed by atoms with E-state index in [0.717, 1.165) is 24.8 Å². The summed E-state index contributed by atoms with van der Waals surface area (Å²) >= 11 is 3.77. The van der Waals surface area contributed by atoms with Crippen LogP contribution in [0.3, 0.4) is 0 Å². The molecule has 39 heavy (non-hydrogen) atoms. The van der Waals surface area contributed by atoms with Crippen molar-refractivity contribution >= 4 is 58.0 Å². The van der Waals surface area contributed by atoms with Gasteiger partial charge in [0.1, 0.15) is 11.7 Å². The van der Waals surface area contributed by atoms with E-state index in [2.05, 4.69) is 72.2 Å². The minimum absolute atomic E-state index is 0.399. The van der Waals surface area contributed by atoms with E-state index in [9.17, 15) is 0 Å². The summed E-state index contributed by atoms with van der Waals surface area (Å²) < 4.78 is 3.23. The number of rotatable bonds is 14. The maximum Gasteiger partial charge on any atom is 0.132 e. The van der Waals surface area contributed by atoms with E-state index in [-0.39, 0.29) is 0 Å². The SMILES string of the molecule is C=C(/N=C(\C=C/C)Nc1cc2c(C(C)C)ccc(N3CC(CSCCC)C3)c2cn1)/C(C=N)=C/NSC1CC1. The first-order chi connectivity index (χ1) is 18.9. The van der Waals surface area contributed by atoms with Crippen molar-refractivity contribution in [1.82, 2.24) is 9.71 Å². The highest BCUT2D eigenvalue weighted by molar-refractivity contribution is 7.99. The van der Waals surface area contributed by atoms with E-state index >= 15 is 0 Å². The highest BCUT2D eigenvalue weighted by atomic mass is 32.2. The van der Waals surface area contributed by atoms with Crippen LogP contribution in [0.1, 0.15) is 58.4 Å². The second kappa shape index (κ2) is 14.1. The molecule has 2 aliphatic rings. The summed E-state index contributed by atoms with van der Waals surface area (Å²) in [4.78, 5) is 12.0. The number of fused-ring (bicyclic) bond motifs is 1. The highest BCUT2D eigenvalue weighted by Gasteiger charge is 2.28. The summed E-state index contributed by atoms with van der Waals surface area (Å²) in [5.41, 5.74) is 3.76. The lowest BCUT2D eigenvalue weighted by atomic mass is 9.93. The third-order valence-corrected chi connectivity index (χ3v) is 9.29. The molecule has 2 heterocycles. The normalized spacial score (nSPS) is 16.7. The number of nitrogens with one attached hydrogen (secondary N) is 3. The van der Waals surface area contributed by atoms with E-state index < -0.39 is 0 Å². The maximum absolute atomic E-state index is 7.81. The molecule has 2 aromatic rings. The van der Waals surface area contributed by atoms with E-state index in [1.807, 2.05) is 31.5 Å². The van der Waals surface area contributed by atoms with E-state index in [1.54, 1.807) is 11.9 Å². The van der Waals surface area contributed by atoms with Crippen LogP contribution < -0.4 is 14.9 Å². The van der Waals surface area contributed by atoms with Crippen molar-refractivity contribution in [1.29, 1.82) is 5.41 Å². The third kappa shape index (κ3) is 7.92. The number of amidine groups is 1. The number of benzene rings is 1. The predicted octanol–water partition coefficient (Wildman–Crippen LogP) is 7.77. The Labute approximate surface area is 242 Å². The summed E-state index contributed by atoms with van der Waals surface area (Å²) in [6.45, 7) is 15.0. The van der Waals surface area contributed by atoms with Gasteiger partial charge in [0.15, 0.2) is 0 Å². The number of allylic oxidation sites excluding steroid dienone is 2. The number of nitrogens with zero attached hydrogens (tertiary/aromatic N) is 3. The second-order valence-corrected chi connectivity index (χ2v) is 12.8. The fourth-order valence-electron chi connectivity index (χ4n) is 4.55. The zero-order valence-corrected chi connectivity index (χ0v) is 25.3. The van der Waals surface area contributed by atoms with Crippen molar-refractivity contribution in [2.24, 2.45) is 10.9 Å². The van der Waals surface area contributed by atoms with Gasteiger partial charge in [-0.2, -0.15) is 11.8 Å². The molecule has 3 N–H and O–H groups in total. The fourth-order valence-corrected chi connectivity index (χ4v) is 6.31. The van der Waals surface area contributed by atoms with Crippen LogP contribution >= 0.6 is 23.7 Å². The molecule has 0 bridgehead atoms. The van der Waals surface area contributed by atoms with Crippen LogP contribution in [0.15, 0.2) is 65.6 Å². The van der Waals surface area contributed by atoms with Crippen molar-refractivity contribution < 1.29 is 0 Å². The number of thioether (sulfide) groups is 1. The molecule has 0 spiro atoms. The van der Waals surface area contributed by atoms with Crippen LogP contribution in [-0.4, -0.2) is 46.9 Å². The van der Waals surface area contributed by atoms with Gasteiger partial charge >= 0.3 is 0 Å². The molecule has 1 aromatic carbocycles. The summed E-state index contributed by atoms with van der Waals surface area (Å²) in [5.74, 6) is 5.05. The molecule has 0 radical (unpaired) electrons. The third-order valence-electron chi connectivity index (χ3n) is 6.83. The predicted molar refractivity (Wildman–Crippen MR) is 175 cm³/mol. The Morgan fingerprint density at radius 1 is 1.28 bits per heavy atom. The fraction of sp³-hybridized carbons (Fsp3) is 0.452. The van der Waals surface area contributed by atoms with Gasteiger partial charge in [0.25, 0.3) is 0 Å². The van der Waals surface area contributed by atoms with Crippen LogP contribution in [-0.2, 0) is 0 Å². The topological polar surface area (TPSA) is 76.4 Å². The monoisotopic (exact) mass is 562 g/mol. The Morgan fingerprint density at radius 3 is 2.74 bits per heavy atom. The average molecular weight is 563 g/mol. The lowest BCUT2D eigenvalue weighted by molar-refractivity contribution is 0.456. The molecule has 1 saturated carbocycles. The molecular formula is C31H42N6S2. The zero-order valence-electron chi connectivity index (χ0n) is 23.7. The molecule has 0 unspecified atom stereocenters. The van der Waals surface area contributed by atoms with Crippen LogP contribution in [0.5, 0.6) is 0 Å². The van der Waals surface area contributed by atoms with Gasteiger partial charge in [-0.15, -0.1) is 0 Å². The summed E-state index contributed by atoms with van der Waals surface area (Å²) in [6, 6.07) is 6.70. The first-order valence-corrected chi connectivity index (χ1v) is 16.0. The molecule has 8 heteroatoms. The van der Waals surface area contributed by atoms with Crippen molar-refractivity contribution in [3.8, 4) is 0 Å². The van der Waals surface area contributed by atoms with Crippen molar-refractivity contribution in [2.75, 3.05) is 34.8 Å². The Morgan fingerprint density at radius 2 is 2.08 bits per heavy atom. The molecule has 2 fully saturated rings. The number of aromatic nitrogens is 1. The molecule has 1 saturated heterocycles. The van der Waals surface area contributed by atoms with Crippen LogP contribution in [0.2, 0.25) is 0 Å². The standard InChI is InChI=1S/C31H42N6S2/c1-6-8-30(35-22(5)24(15-32)16-34-39-25-9-10-25)36-31-14-27-26(21(3)4)11-12-29(28(27)17-33-31)37-18-23(19-37)20-38-13-7-2/h6,8,11-12,14-17,21,23,25,32,34H,5,7,9-10,13,18-20H2,1-4H3,(H,33,35,36)/b8-6-,24-16+,32-15?. The molecule has 4 rings (SSSR count). The lowest BCUT2D eigenvalue weighted by Gasteiger charge is -2.41. The lowest BCUT2D eigenvalue weighted by Crippen LogP contribution is -2.48. The van der Waals surface area contributed by atoms with Crippen LogP contribution in [0, 0.1) is 11.3 Å². The average Bonchev–Trinajstić information content (AvgIpc) is 3.72. The van der Waals surface area contributed by atoms with E-state index in [1.165, 1.54) is 59.0 Å². The Balaban J connectivity index is 1.54. The molecular weight excluding hydrogens is 521 g/mol. The largest absolute Gasteiger partial charge is 0.370 e. The van der Waals surface area contributed by atoms with Crippen molar-refractivity contribution in [2.45, 2.75) is 58.1 Å². The Bertz CT molecular complexity index is 1260. The first-order valence-electron chi connectivity index (χ1n) is 14.0. The number of hydrogen-bond donors (Lipinski definition) is 3. The minimum Gasteiger partial charge on any atom is -0.370 e. The number of aliphatic imine (C=N–C) groups is 1. The molecule has 1 aromatic heterocycles. The van der Waals surface area contributed by atoms with Gasteiger partial charge in [0.2, 0.25) is 0 Å². The molecule has 1 aliphatic carbocycles. The quantitative estimate of drug-likeness (QED) is 0.0718. The second-order valence-electron chi connectivity index (χ2n) is 10.5. The van der Waals surface area contributed by atoms with Crippen molar-refractivity contribution in [3.63, 3.8) is 0 Å². The van der Waals surface area contributed by atoms with Crippen molar-refractivity contribution in [3.05, 3.63) is 66.2 Å². The molecule has 208 valence electrons. The number of pyridine rings is 1. The number of anilines is 2. The Hall–Kier alpha value is -2.71. The molecule has 1 aliphatic heterocycles. The van der Waals surface area contributed by atoms with Crippen LogP contribution in [0.4, 0.5) is 11.5 Å². The summed E-state index contributed by atoms with van der Waals surface area (Å²) in [5, 5.41) is 14.3. The van der Waals surface area contributed by atoms with Gasteiger partial charge < -0.3 is 20.3 Å². The van der Waals surface area contributed by atoms with E-state index in [0.29, 0.717) is 28.3 Å². The highest BCUT2D eigenvalue weighted by Crippen LogP contribution is 2.37. The smallest absolute Gasteiger partial charge is 0.132 e. The minimum atomic E-state index is 0.399. The molecule has 0 amide bonds. The number of hydrogen-bond acceptors (Lipinski definition) is 7. The first kappa shape index (κ1) is 29.3. The van der Waals surface area contributed by atoms with Gasteiger partial charge in [0, 0.05) is 59.5 Å². The molecule has 6 nitrogen and oxygen atoms in total. The zero-order chi connectivity index (χ0) is 27.8. The summed E-state index contributed by atoms with van der Waals surface area (Å²) in [6.07, 6.45) is 12.7. The van der Waals surface area contributed by atoms with Gasteiger partial charge in [-0.3, -0.25) is 0 Å². The van der Waals surface area contributed by atoms with Gasteiger partial charge in [-0.25, -0.2) is 9.98 Å². The van der Waals surface area contributed by atoms with E-state index in [4.69, 9.17) is 15.4 Å². The van der Waals surface area contributed by atoms with Gasteiger partial charge in [-0.1, -0.05) is 39.5 Å². The van der Waals surface area contributed by atoms with Gasteiger partial charge in [-0.05, 0) is 84.7 Å². The van der Waals surface area contributed by atoms with Gasteiger partial charge in [0.05, 0.1) is 5.70 Å². The summed E-state index contributed by atoms with van der Waals surface area (Å²) in [7, 11) is 0. The van der Waals surface area contributed by atoms with Crippen LogP contribution in [0.25, 0.3) is 10.8 Å². The Kier molecular flexibility index (Phi) is 10.6. The molecule has 0 atom stereocenters. The maximum atomic E-state index is 7.81.